The molecule has 100 valence electrons. The summed E-state index contributed by atoms with van der Waals surface area (Å²) in [7, 11) is 0. The Morgan fingerprint density at radius 2 is 2.18 bits per heavy atom. The van der Waals surface area contributed by atoms with E-state index in [0.717, 1.165) is 19.1 Å². The van der Waals surface area contributed by atoms with Crippen molar-refractivity contribution in [1.82, 2.24) is 10.2 Å². The molecule has 0 aliphatic carbocycles. The molecular formula is C14H28N2O. The molecule has 0 aromatic heterocycles. The number of hydrogen-bond donors (Lipinski definition) is 1. The Morgan fingerprint density at radius 3 is 2.82 bits per heavy atom. The first-order valence-electron chi connectivity index (χ1n) is 7.33. The van der Waals surface area contributed by atoms with Crippen LogP contribution in [0.3, 0.4) is 0 Å². The molecule has 0 spiro atoms. The number of nitrogens with zero attached hydrogens (tertiary/aromatic N) is 1. The zero-order chi connectivity index (χ0) is 12.1. The van der Waals surface area contributed by atoms with Crippen molar-refractivity contribution in [2.24, 2.45) is 5.92 Å². The van der Waals surface area contributed by atoms with Crippen molar-refractivity contribution >= 4 is 0 Å². The maximum atomic E-state index is 5.49. The summed E-state index contributed by atoms with van der Waals surface area (Å²) in [4.78, 5) is 2.67. The van der Waals surface area contributed by atoms with Gasteiger partial charge >= 0.3 is 0 Å². The first-order chi connectivity index (χ1) is 8.28. The predicted octanol–water partition coefficient (Wildman–Crippen LogP) is 1.88. The highest BCUT2D eigenvalue weighted by molar-refractivity contribution is 4.91. The lowest BCUT2D eigenvalue weighted by Crippen LogP contribution is -2.51. The molecule has 0 aromatic carbocycles. The summed E-state index contributed by atoms with van der Waals surface area (Å²) in [5.41, 5.74) is 0.357. The molecule has 2 aliphatic rings. The molecule has 1 atom stereocenters. The molecule has 1 unspecified atom stereocenters. The zero-order valence-electron chi connectivity index (χ0n) is 11.5. The molecule has 0 bridgehead atoms. The smallest absolute Gasteiger partial charge is 0.0507 e. The number of ether oxygens (including phenoxy) is 1. The molecule has 0 aromatic rings. The van der Waals surface area contributed by atoms with Gasteiger partial charge in [0.1, 0.15) is 0 Å². The van der Waals surface area contributed by atoms with Crippen LogP contribution in [0.5, 0.6) is 0 Å². The Balaban J connectivity index is 1.91. The molecule has 2 heterocycles. The van der Waals surface area contributed by atoms with Crippen LogP contribution in [-0.4, -0.2) is 49.8 Å². The molecule has 3 heteroatoms. The first-order valence-corrected chi connectivity index (χ1v) is 7.33. The van der Waals surface area contributed by atoms with Gasteiger partial charge in [0, 0.05) is 25.2 Å². The van der Waals surface area contributed by atoms with Crippen molar-refractivity contribution in [2.45, 2.75) is 45.1 Å². The van der Waals surface area contributed by atoms with Crippen molar-refractivity contribution in [3.63, 3.8) is 0 Å². The highest BCUT2D eigenvalue weighted by atomic mass is 16.5. The van der Waals surface area contributed by atoms with Gasteiger partial charge < -0.3 is 15.0 Å². The van der Waals surface area contributed by atoms with Crippen molar-refractivity contribution < 1.29 is 4.74 Å². The molecule has 1 N–H and O–H groups in total. The molecule has 2 saturated heterocycles. The van der Waals surface area contributed by atoms with Gasteiger partial charge in [-0.25, -0.2) is 0 Å². The molecule has 3 nitrogen and oxygen atoms in total. The van der Waals surface area contributed by atoms with Gasteiger partial charge in [0.15, 0.2) is 0 Å². The van der Waals surface area contributed by atoms with Crippen molar-refractivity contribution in [2.75, 3.05) is 39.4 Å². The molecular weight excluding hydrogens is 212 g/mol. The average molecular weight is 240 g/mol. The molecule has 0 amide bonds. The third kappa shape index (κ3) is 3.43. The second kappa shape index (κ2) is 6.17. The van der Waals surface area contributed by atoms with Crippen molar-refractivity contribution in [1.29, 1.82) is 0 Å². The zero-order valence-corrected chi connectivity index (χ0v) is 11.5. The first kappa shape index (κ1) is 13.3. The summed E-state index contributed by atoms with van der Waals surface area (Å²) in [6.07, 6.45) is 5.02. The summed E-state index contributed by atoms with van der Waals surface area (Å²) in [6.45, 7) is 11.5. The SMILES string of the molecule is CCC1(CC)CN(CC2CCOC2)CCCN1. The van der Waals surface area contributed by atoms with Gasteiger partial charge in [0.25, 0.3) is 0 Å². The molecule has 0 saturated carbocycles. The van der Waals surface area contributed by atoms with Crippen molar-refractivity contribution in [3.05, 3.63) is 0 Å². The van der Waals surface area contributed by atoms with Gasteiger partial charge in [-0.05, 0) is 44.7 Å². The lowest BCUT2D eigenvalue weighted by Gasteiger charge is -2.36. The van der Waals surface area contributed by atoms with E-state index in [2.05, 4.69) is 24.1 Å². The van der Waals surface area contributed by atoms with Crippen LogP contribution in [0.1, 0.15) is 39.5 Å². The topological polar surface area (TPSA) is 24.5 Å². The monoisotopic (exact) mass is 240 g/mol. The van der Waals surface area contributed by atoms with E-state index in [1.165, 1.54) is 51.9 Å². The normalized spacial score (nSPS) is 30.4. The van der Waals surface area contributed by atoms with Crippen LogP contribution in [0.25, 0.3) is 0 Å². The quantitative estimate of drug-likeness (QED) is 0.812. The van der Waals surface area contributed by atoms with E-state index in [1.54, 1.807) is 0 Å². The standard InChI is InChI=1S/C14H28N2O/c1-3-14(4-2)12-16(8-5-7-15-14)10-13-6-9-17-11-13/h13,15H,3-12H2,1-2H3. The summed E-state index contributed by atoms with van der Waals surface area (Å²) in [6, 6.07) is 0. The van der Waals surface area contributed by atoms with E-state index in [1.807, 2.05) is 0 Å². The number of rotatable bonds is 4. The second-order valence-electron chi connectivity index (χ2n) is 5.73. The summed E-state index contributed by atoms with van der Waals surface area (Å²) in [5, 5.41) is 3.78. The van der Waals surface area contributed by atoms with Crippen LogP contribution in [0.15, 0.2) is 0 Å². The van der Waals surface area contributed by atoms with Gasteiger partial charge in [0.2, 0.25) is 0 Å². The van der Waals surface area contributed by atoms with E-state index in [4.69, 9.17) is 4.74 Å². The molecule has 0 radical (unpaired) electrons. The Labute approximate surface area is 106 Å². The Morgan fingerprint density at radius 1 is 1.35 bits per heavy atom. The summed E-state index contributed by atoms with van der Waals surface area (Å²) >= 11 is 0. The fraction of sp³-hybridized carbons (Fsp3) is 1.00. The molecule has 2 fully saturated rings. The van der Waals surface area contributed by atoms with Gasteiger partial charge in [-0.2, -0.15) is 0 Å². The second-order valence-corrected chi connectivity index (χ2v) is 5.73. The van der Waals surface area contributed by atoms with Crippen LogP contribution in [-0.2, 0) is 4.74 Å². The van der Waals surface area contributed by atoms with Gasteiger partial charge in [-0.1, -0.05) is 13.8 Å². The lowest BCUT2D eigenvalue weighted by atomic mass is 9.92. The summed E-state index contributed by atoms with van der Waals surface area (Å²) < 4.78 is 5.49. The van der Waals surface area contributed by atoms with E-state index in [-0.39, 0.29) is 0 Å². The third-order valence-electron chi connectivity index (χ3n) is 4.57. The molecule has 17 heavy (non-hydrogen) atoms. The highest BCUT2D eigenvalue weighted by Gasteiger charge is 2.31. The highest BCUT2D eigenvalue weighted by Crippen LogP contribution is 2.22. The van der Waals surface area contributed by atoms with Crippen molar-refractivity contribution in [3.8, 4) is 0 Å². The van der Waals surface area contributed by atoms with Crippen LogP contribution < -0.4 is 5.32 Å². The Hall–Kier alpha value is -0.120. The summed E-state index contributed by atoms with van der Waals surface area (Å²) in [5.74, 6) is 0.777. The lowest BCUT2D eigenvalue weighted by molar-refractivity contribution is 0.150. The minimum absolute atomic E-state index is 0.357. The molecule has 2 aliphatic heterocycles. The third-order valence-corrected chi connectivity index (χ3v) is 4.57. The Kier molecular flexibility index (Phi) is 4.83. The van der Waals surface area contributed by atoms with Crippen LogP contribution in [0.2, 0.25) is 0 Å². The minimum atomic E-state index is 0.357. The van der Waals surface area contributed by atoms with E-state index in [0.29, 0.717) is 5.54 Å². The van der Waals surface area contributed by atoms with Crippen LogP contribution >= 0.6 is 0 Å². The van der Waals surface area contributed by atoms with E-state index in [9.17, 15) is 0 Å². The number of hydrogen-bond acceptors (Lipinski definition) is 3. The predicted molar refractivity (Wildman–Crippen MR) is 71.3 cm³/mol. The van der Waals surface area contributed by atoms with Gasteiger partial charge in [-0.3, -0.25) is 0 Å². The maximum Gasteiger partial charge on any atom is 0.0507 e. The van der Waals surface area contributed by atoms with Gasteiger partial charge in [0.05, 0.1) is 6.61 Å². The fourth-order valence-corrected chi connectivity index (χ4v) is 3.19. The number of nitrogens with one attached hydrogen (secondary N) is 1. The van der Waals surface area contributed by atoms with E-state index < -0.39 is 0 Å². The van der Waals surface area contributed by atoms with Crippen LogP contribution in [0, 0.1) is 5.92 Å². The maximum absolute atomic E-state index is 5.49. The average Bonchev–Trinajstić information content (AvgIpc) is 2.76. The fourth-order valence-electron chi connectivity index (χ4n) is 3.19. The van der Waals surface area contributed by atoms with E-state index >= 15 is 0 Å². The minimum Gasteiger partial charge on any atom is -0.381 e. The Bertz CT molecular complexity index is 222. The van der Waals surface area contributed by atoms with Crippen LogP contribution in [0.4, 0.5) is 0 Å². The molecule has 2 rings (SSSR count). The largest absolute Gasteiger partial charge is 0.381 e. The van der Waals surface area contributed by atoms with Gasteiger partial charge in [-0.15, -0.1) is 0 Å².